The molecule has 32 heavy (non-hydrogen) atoms. The first-order chi connectivity index (χ1) is 15.5. The summed E-state index contributed by atoms with van der Waals surface area (Å²) in [6.07, 6.45) is -0.00763. The van der Waals surface area contributed by atoms with Crippen molar-refractivity contribution in [2.45, 2.75) is 26.8 Å². The van der Waals surface area contributed by atoms with E-state index in [0.29, 0.717) is 11.4 Å². The maximum Gasteiger partial charge on any atom is 0.274 e. The number of rotatable bonds is 6. The summed E-state index contributed by atoms with van der Waals surface area (Å²) >= 11 is 0. The van der Waals surface area contributed by atoms with Gasteiger partial charge in [-0.25, -0.2) is 9.82 Å². The maximum absolute atomic E-state index is 13.7. The van der Waals surface area contributed by atoms with Crippen molar-refractivity contribution in [3.63, 3.8) is 0 Å². The van der Waals surface area contributed by atoms with Crippen LogP contribution in [0.5, 0.6) is 0 Å². The number of halogens is 1. The molecule has 0 spiro atoms. The minimum atomic E-state index is -0.666. The monoisotopic (exact) mass is 430 g/mol. The Morgan fingerprint density at radius 3 is 2.47 bits per heavy atom. The third-order valence-electron chi connectivity index (χ3n) is 5.26. The summed E-state index contributed by atoms with van der Waals surface area (Å²) < 4.78 is 15.9. The van der Waals surface area contributed by atoms with Gasteiger partial charge in [0.05, 0.1) is 12.0 Å². The van der Waals surface area contributed by atoms with Crippen molar-refractivity contribution in [1.29, 1.82) is 0 Å². The molecule has 162 valence electrons. The first-order valence-electron chi connectivity index (χ1n) is 10.4. The van der Waals surface area contributed by atoms with Crippen LogP contribution in [-0.2, 0) is 11.3 Å². The largest absolute Gasteiger partial charge is 0.341 e. The molecule has 0 fully saturated rings. The lowest BCUT2D eigenvalue weighted by Crippen LogP contribution is -2.22. The van der Waals surface area contributed by atoms with Gasteiger partial charge in [-0.2, -0.15) is 5.10 Å². The van der Waals surface area contributed by atoms with Gasteiger partial charge in [0.15, 0.2) is 0 Å². The molecule has 0 saturated carbocycles. The quantitative estimate of drug-likeness (QED) is 0.330. The molecule has 1 aromatic heterocycles. The SMILES string of the molecule is CCn1c2ccccc2c2cc(NC(=O)C/C(C)=N\NC(=O)c3ccccc3F)ccc21. The Morgan fingerprint density at radius 1 is 0.969 bits per heavy atom. The van der Waals surface area contributed by atoms with E-state index in [-0.39, 0.29) is 17.9 Å². The van der Waals surface area contributed by atoms with Crippen molar-refractivity contribution in [3.8, 4) is 0 Å². The van der Waals surface area contributed by atoms with Crippen LogP contribution in [-0.4, -0.2) is 22.1 Å². The molecule has 0 saturated heterocycles. The molecule has 1 heterocycles. The van der Waals surface area contributed by atoms with Gasteiger partial charge in [0.25, 0.3) is 5.91 Å². The molecule has 0 atom stereocenters. The number of hydrogen-bond donors (Lipinski definition) is 2. The third-order valence-corrected chi connectivity index (χ3v) is 5.26. The standard InChI is InChI=1S/C25H23FN4O2/c1-3-30-22-11-7-5-8-18(22)20-15-17(12-13-23(20)30)27-24(31)14-16(2)28-29-25(32)19-9-4-6-10-21(19)26/h4-13,15H,3,14H2,1-2H3,(H,27,31)(H,29,32)/b28-16-. The molecule has 0 aliphatic carbocycles. The minimum Gasteiger partial charge on any atom is -0.341 e. The summed E-state index contributed by atoms with van der Waals surface area (Å²) in [5.74, 6) is -1.55. The Hall–Kier alpha value is -4.00. The fraction of sp³-hybridized carbons (Fsp3) is 0.160. The number of aromatic nitrogens is 1. The van der Waals surface area contributed by atoms with Crippen molar-refractivity contribution in [3.05, 3.63) is 78.1 Å². The topological polar surface area (TPSA) is 75.5 Å². The summed E-state index contributed by atoms with van der Waals surface area (Å²) in [4.78, 5) is 24.5. The van der Waals surface area contributed by atoms with Crippen molar-refractivity contribution < 1.29 is 14.0 Å². The second-order valence-corrected chi connectivity index (χ2v) is 7.49. The van der Waals surface area contributed by atoms with E-state index < -0.39 is 11.7 Å². The number of nitrogens with one attached hydrogen (secondary N) is 2. The van der Waals surface area contributed by atoms with Gasteiger partial charge in [0.2, 0.25) is 5.91 Å². The van der Waals surface area contributed by atoms with E-state index in [2.05, 4.69) is 39.5 Å². The van der Waals surface area contributed by atoms with Gasteiger partial charge in [-0.1, -0.05) is 30.3 Å². The number of carbonyl (C=O) groups excluding carboxylic acids is 2. The van der Waals surface area contributed by atoms with Crippen LogP contribution >= 0.6 is 0 Å². The summed E-state index contributed by atoms with van der Waals surface area (Å²) in [6, 6.07) is 19.7. The van der Waals surface area contributed by atoms with Gasteiger partial charge in [0.1, 0.15) is 5.82 Å². The second-order valence-electron chi connectivity index (χ2n) is 7.49. The lowest BCUT2D eigenvalue weighted by atomic mass is 10.1. The van der Waals surface area contributed by atoms with Crippen molar-refractivity contribution in [2.75, 3.05) is 5.32 Å². The van der Waals surface area contributed by atoms with Crippen molar-refractivity contribution in [1.82, 2.24) is 9.99 Å². The van der Waals surface area contributed by atoms with Gasteiger partial charge in [-0.05, 0) is 50.2 Å². The third kappa shape index (κ3) is 4.23. The molecule has 4 aromatic rings. The molecular formula is C25H23FN4O2. The Kier molecular flexibility index (Phi) is 5.98. The van der Waals surface area contributed by atoms with E-state index in [1.165, 1.54) is 18.2 Å². The summed E-state index contributed by atoms with van der Waals surface area (Å²) in [5.41, 5.74) is 5.53. The van der Waals surface area contributed by atoms with E-state index in [4.69, 9.17) is 0 Å². The lowest BCUT2D eigenvalue weighted by molar-refractivity contribution is -0.115. The second kappa shape index (κ2) is 9.01. The van der Waals surface area contributed by atoms with Gasteiger partial charge >= 0.3 is 0 Å². The predicted molar refractivity (Wildman–Crippen MR) is 125 cm³/mol. The highest BCUT2D eigenvalue weighted by atomic mass is 19.1. The molecule has 0 aliphatic heterocycles. The van der Waals surface area contributed by atoms with Gasteiger partial charge in [-0.15, -0.1) is 0 Å². The lowest BCUT2D eigenvalue weighted by Gasteiger charge is -2.07. The number of amides is 2. The van der Waals surface area contributed by atoms with Crippen LogP contribution in [0.25, 0.3) is 21.8 Å². The van der Waals surface area contributed by atoms with Crippen LogP contribution in [0.1, 0.15) is 30.6 Å². The smallest absolute Gasteiger partial charge is 0.274 e. The number of para-hydroxylation sites is 1. The van der Waals surface area contributed by atoms with E-state index in [9.17, 15) is 14.0 Å². The van der Waals surface area contributed by atoms with Crippen LogP contribution in [0, 0.1) is 5.82 Å². The van der Waals surface area contributed by atoms with Crippen LogP contribution in [0.4, 0.5) is 10.1 Å². The summed E-state index contributed by atoms with van der Waals surface area (Å²) in [7, 11) is 0. The number of fused-ring (bicyclic) bond motifs is 3. The molecule has 0 aliphatic rings. The minimum absolute atomic E-state index is 0.00763. The zero-order chi connectivity index (χ0) is 22.7. The summed E-state index contributed by atoms with van der Waals surface area (Å²) in [6.45, 7) is 4.58. The molecular weight excluding hydrogens is 407 g/mol. The number of hydrogen-bond acceptors (Lipinski definition) is 3. The maximum atomic E-state index is 13.7. The number of anilines is 1. The fourth-order valence-corrected chi connectivity index (χ4v) is 3.80. The van der Waals surface area contributed by atoms with Crippen LogP contribution < -0.4 is 10.7 Å². The van der Waals surface area contributed by atoms with E-state index in [1.807, 2.05) is 30.3 Å². The molecule has 0 unspecified atom stereocenters. The van der Waals surface area contributed by atoms with E-state index in [1.54, 1.807) is 13.0 Å². The Balaban J connectivity index is 1.45. The van der Waals surface area contributed by atoms with E-state index in [0.717, 1.165) is 28.4 Å². The molecule has 2 N–H and O–H groups in total. The highest BCUT2D eigenvalue weighted by Gasteiger charge is 2.12. The normalized spacial score (nSPS) is 11.7. The molecule has 2 amide bonds. The predicted octanol–water partition coefficient (Wildman–Crippen LogP) is 5.09. The zero-order valence-electron chi connectivity index (χ0n) is 17.9. The Bertz CT molecular complexity index is 1360. The number of hydrazone groups is 1. The molecule has 6 nitrogen and oxygen atoms in total. The highest BCUT2D eigenvalue weighted by Crippen LogP contribution is 2.31. The molecule has 3 aromatic carbocycles. The number of carbonyl (C=O) groups is 2. The molecule has 7 heteroatoms. The number of benzene rings is 3. The van der Waals surface area contributed by atoms with Crippen LogP contribution in [0.3, 0.4) is 0 Å². The van der Waals surface area contributed by atoms with Gasteiger partial charge in [-0.3, -0.25) is 9.59 Å². The van der Waals surface area contributed by atoms with Crippen molar-refractivity contribution in [2.24, 2.45) is 5.10 Å². The zero-order valence-corrected chi connectivity index (χ0v) is 17.9. The molecule has 0 radical (unpaired) electrons. The van der Waals surface area contributed by atoms with Crippen LogP contribution in [0.15, 0.2) is 71.8 Å². The average Bonchev–Trinajstić information content (AvgIpc) is 3.10. The fourth-order valence-electron chi connectivity index (χ4n) is 3.80. The van der Waals surface area contributed by atoms with Gasteiger partial charge in [0, 0.05) is 39.7 Å². The van der Waals surface area contributed by atoms with E-state index >= 15 is 0 Å². The summed E-state index contributed by atoms with van der Waals surface area (Å²) in [5, 5.41) is 9.00. The van der Waals surface area contributed by atoms with Crippen molar-refractivity contribution >= 4 is 45.0 Å². The van der Waals surface area contributed by atoms with Crippen LogP contribution in [0.2, 0.25) is 0 Å². The Labute approximate surface area is 184 Å². The number of aryl methyl sites for hydroxylation is 1. The molecule has 0 bridgehead atoms. The highest BCUT2D eigenvalue weighted by molar-refractivity contribution is 6.11. The Morgan fingerprint density at radius 2 is 1.69 bits per heavy atom. The molecule has 4 rings (SSSR count). The number of nitrogens with zero attached hydrogens (tertiary/aromatic N) is 2. The first-order valence-corrected chi connectivity index (χ1v) is 10.4. The average molecular weight is 430 g/mol. The first kappa shape index (κ1) is 21.2. The van der Waals surface area contributed by atoms with Gasteiger partial charge < -0.3 is 9.88 Å².